The second-order valence-electron chi connectivity index (χ2n) is 6.21. The Hall–Kier alpha value is -2.80. The first kappa shape index (κ1) is 17.6. The van der Waals surface area contributed by atoms with Gasteiger partial charge in [-0.05, 0) is 38.5 Å². The summed E-state index contributed by atoms with van der Waals surface area (Å²) in [4.78, 5) is 13.7. The molecule has 4 aromatic rings. The van der Waals surface area contributed by atoms with Gasteiger partial charge in [0.2, 0.25) is 5.88 Å². The molecule has 27 heavy (non-hydrogen) atoms. The lowest BCUT2D eigenvalue weighted by Gasteiger charge is -2.06. The zero-order valence-electron chi connectivity index (χ0n) is 15.5. The minimum atomic E-state index is -0.361. The van der Waals surface area contributed by atoms with E-state index in [2.05, 4.69) is 9.97 Å². The van der Waals surface area contributed by atoms with E-state index in [1.807, 2.05) is 26.0 Å². The van der Waals surface area contributed by atoms with Gasteiger partial charge in [0.15, 0.2) is 11.6 Å². The number of rotatable bonds is 4. The summed E-state index contributed by atoms with van der Waals surface area (Å²) in [6.07, 6.45) is 1.59. The molecular weight excluding hydrogens is 365 g/mol. The van der Waals surface area contributed by atoms with E-state index in [1.165, 1.54) is 11.3 Å². The number of aryl methyl sites for hydroxylation is 2. The zero-order valence-corrected chi connectivity index (χ0v) is 16.3. The van der Waals surface area contributed by atoms with Gasteiger partial charge in [-0.1, -0.05) is 0 Å². The van der Waals surface area contributed by atoms with Crippen molar-refractivity contribution in [1.29, 1.82) is 0 Å². The van der Waals surface area contributed by atoms with Crippen LogP contribution in [0, 0.1) is 19.7 Å². The summed E-state index contributed by atoms with van der Waals surface area (Å²) in [5.74, 6) is 0.360. The van der Waals surface area contributed by atoms with Crippen LogP contribution in [0.5, 0.6) is 11.6 Å². The molecular formula is C20H18FN3O2S. The normalized spacial score (nSPS) is 11.3. The Kier molecular flexibility index (Phi) is 4.39. The lowest BCUT2D eigenvalue weighted by molar-refractivity contribution is 0.321. The van der Waals surface area contributed by atoms with Crippen molar-refractivity contribution in [3.05, 3.63) is 41.3 Å². The van der Waals surface area contributed by atoms with Crippen LogP contribution >= 0.6 is 11.3 Å². The first-order valence-electron chi connectivity index (χ1n) is 8.56. The highest BCUT2D eigenvalue weighted by Crippen LogP contribution is 2.38. The van der Waals surface area contributed by atoms with Crippen LogP contribution < -0.4 is 9.47 Å². The summed E-state index contributed by atoms with van der Waals surface area (Å²) in [6, 6.07) is 5.70. The van der Waals surface area contributed by atoms with Crippen molar-refractivity contribution < 1.29 is 13.9 Å². The topological polar surface area (TPSA) is 57.1 Å². The van der Waals surface area contributed by atoms with Crippen LogP contribution in [-0.4, -0.2) is 28.7 Å². The third-order valence-electron chi connectivity index (χ3n) is 4.32. The molecule has 0 unspecified atom stereocenters. The quantitative estimate of drug-likeness (QED) is 0.492. The van der Waals surface area contributed by atoms with Crippen molar-refractivity contribution in [3.8, 4) is 22.2 Å². The number of hydrogen-bond donors (Lipinski definition) is 0. The van der Waals surface area contributed by atoms with Crippen molar-refractivity contribution in [2.24, 2.45) is 0 Å². The first-order valence-corrected chi connectivity index (χ1v) is 9.37. The molecule has 0 radical (unpaired) electrons. The van der Waals surface area contributed by atoms with E-state index in [9.17, 15) is 4.39 Å². The maximum atomic E-state index is 14.5. The molecule has 2 aromatic carbocycles. The molecule has 2 heterocycles. The van der Waals surface area contributed by atoms with Gasteiger partial charge in [-0.3, -0.25) is 0 Å². The molecule has 4 rings (SSSR count). The number of methoxy groups -OCH3 is 1. The predicted molar refractivity (Wildman–Crippen MR) is 105 cm³/mol. The third-order valence-corrected chi connectivity index (χ3v) is 5.36. The monoisotopic (exact) mass is 383 g/mol. The fraction of sp³-hybridized carbons (Fsp3) is 0.250. The second-order valence-corrected chi connectivity index (χ2v) is 7.24. The molecule has 7 heteroatoms. The van der Waals surface area contributed by atoms with Crippen LogP contribution in [0.2, 0.25) is 0 Å². The number of fused-ring (bicyclic) bond motifs is 2. The van der Waals surface area contributed by atoms with Crippen LogP contribution in [-0.2, 0) is 0 Å². The molecule has 2 aromatic heterocycles. The average molecular weight is 383 g/mol. The Balaban J connectivity index is 1.96. The van der Waals surface area contributed by atoms with Gasteiger partial charge >= 0.3 is 0 Å². The van der Waals surface area contributed by atoms with Gasteiger partial charge in [0.25, 0.3) is 0 Å². The fourth-order valence-corrected chi connectivity index (χ4v) is 4.13. The number of hydrogen-bond acceptors (Lipinski definition) is 6. The summed E-state index contributed by atoms with van der Waals surface area (Å²) in [7, 11) is 1.56. The number of ether oxygens (including phenoxy) is 2. The van der Waals surface area contributed by atoms with Gasteiger partial charge in [0.05, 0.1) is 41.2 Å². The molecule has 0 saturated carbocycles. The molecule has 0 aliphatic rings. The Labute approximate surface area is 159 Å². The molecule has 0 amide bonds. The molecule has 0 N–H and O–H groups in total. The number of halogens is 1. The minimum absolute atomic E-state index is 0.260. The Bertz CT molecular complexity index is 1170. The van der Waals surface area contributed by atoms with Crippen LogP contribution in [0.3, 0.4) is 0 Å². The molecule has 0 aliphatic heterocycles. The van der Waals surface area contributed by atoms with E-state index >= 15 is 0 Å². The van der Waals surface area contributed by atoms with Crippen LogP contribution in [0.25, 0.3) is 31.8 Å². The van der Waals surface area contributed by atoms with E-state index < -0.39 is 0 Å². The molecule has 0 aliphatic carbocycles. The number of thiazole rings is 1. The van der Waals surface area contributed by atoms with E-state index in [1.54, 1.807) is 26.3 Å². The SMILES string of the molecule is CCOc1cc2sc(-c3cc(C)cc4nc(OC)cnc34)nc2c(C)c1F. The number of aromatic nitrogens is 3. The largest absolute Gasteiger partial charge is 0.491 e. The highest BCUT2D eigenvalue weighted by Gasteiger charge is 2.18. The first-order chi connectivity index (χ1) is 13.0. The van der Waals surface area contributed by atoms with E-state index in [0.717, 1.165) is 31.9 Å². The molecule has 0 bridgehead atoms. The van der Waals surface area contributed by atoms with Gasteiger partial charge in [-0.2, -0.15) is 0 Å². The van der Waals surface area contributed by atoms with Gasteiger partial charge < -0.3 is 9.47 Å². The van der Waals surface area contributed by atoms with Crippen LogP contribution in [0.15, 0.2) is 24.4 Å². The summed E-state index contributed by atoms with van der Waals surface area (Å²) >= 11 is 1.49. The van der Waals surface area contributed by atoms with Crippen molar-refractivity contribution in [3.63, 3.8) is 0 Å². The summed E-state index contributed by atoms with van der Waals surface area (Å²) < 4.78 is 26.0. The molecule has 138 valence electrons. The number of nitrogens with zero attached hydrogens (tertiary/aromatic N) is 3. The molecule has 0 fully saturated rings. The summed E-state index contributed by atoms with van der Waals surface area (Å²) in [6.45, 7) is 5.97. The van der Waals surface area contributed by atoms with Crippen molar-refractivity contribution >= 4 is 32.6 Å². The zero-order chi connectivity index (χ0) is 19.1. The van der Waals surface area contributed by atoms with Crippen molar-refractivity contribution in [2.75, 3.05) is 13.7 Å². The van der Waals surface area contributed by atoms with E-state index in [-0.39, 0.29) is 11.6 Å². The molecule has 0 saturated heterocycles. The predicted octanol–water partition coefficient (Wildman–Crippen LogP) is 5.07. The average Bonchev–Trinajstić information content (AvgIpc) is 3.09. The van der Waals surface area contributed by atoms with Gasteiger partial charge in [-0.25, -0.2) is 19.3 Å². The molecule has 0 atom stereocenters. The lowest BCUT2D eigenvalue weighted by Crippen LogP contribution is -1.96. The second kappa shape index (κ2) is 6.74. The molecule has 5 nitrogen and oxygen atoms in total. The number of benzene rings is 2. The van der Waals surface area contributed by atoms with Crippen molar-refractivity contribution in [2.45, 2.75) is 20.8 Å². The maximum Gasteiger partial charge on any atom is 0.232 e. The smallest absolute Gasteiger partial charge is 0.232 e. The Morgan fingerprint density at radius 1 is 1.11 bits per heavy atom. The summed E-state index contributed by atoms with van der Waals surface area (Å²) in [5.41, 5.74) is 4.52. The maximum absolute atomic E-state index is 14.5. The van der Waals surface area contributed by atoms with Gasteiger partial charge in [0, 0.05) is 17.2 Å². The Morgan fingerprint density at radius 3 is 2.67 bits per heavy atom. The van der Waals surface area contributed by atoms with Gasteiger partial charge in [-0.15, -0.1) is 11.3 Å². The van der Waals surface area contributed by atoms with E-state index in [0.29, 0.717) is 23.6 Å². The van der Waals surface area contributed by atoms with Crippen LogP contribution in [0.4, 0.5) is 4.39 Å². The summed E-state index contributed by atoms with van der Waals surface area (Å²) in [5, 5.41) is 0.773. The minimum Gasteiger partial charge on any atom is -0.491 e. The lowest BCUT2D eigenvalue weighted by atomic mass is 10.1. The van der Waals surface area contributed by atoms with Crippen molar-refractivity contribution in [1.82, 2.24) is 15.0 Å². The van der Waals surface area contributed by atoms with Crippen LogP contribution in [0.1, 0.15) is 18.1 Å². The Morgan fingerprint density at radius 2 is 1.93 bits per heavy atom. The standard InChI is InChI=1S/C20H18FN3O2S/c1-5-26-14-8-15-18(11(3)17(14)21)24-20(27-15)12-6-10(2)7-13-19(12)22-9-16(23-13)25-4/h6-9H,5H2,1-4H3. The fourth-order valence-electron chi connectivity index (χ4n) is 3.05. The highest BCUT2D eigenvalue weighted by atomic mass is 32.1. The van der Waals surface area contributed by atoms with E-state index in [4.69, 9.17) is 14.5 Å². The highest BCUT2D eigenvalue weighted by molar-refractivity contribution is 7.21. The molecule has 0 spiro atoms. The van der Waals surface area contributed by atoms with Gasteiger partial charge in [0.1, 0.15) is 5.01 Å². The third kappa shape index (κ3) is 2.98.